The van der Waals surface area contributed by atoms with Crippen molar-refractivity contribution >= 4 is 11.6 Å². The van der Waals surface area contributed by atoms with Crippen molar-refractivity contribution in [3.05, 3.63) is 90.0 Å². The van der Waals surface area contributed by atoms with Crippen molar-refractivity contribution in [1.82, 2.24) is 14.8 Å². The Hall–Kier alpha value is -2.91. The van der Waals surface area contributed by atoms with E-state index in [1.807, 2.05) is 84.9 Å². The molecule has 24 heavy (non-hydrogen) atoms. The average Bonchev–Trinajstić information content (AvgIpc) is 3.09. The van der Waals surface area contributed by atoms with Crippen LogP contribution < -0.4 is 0 Å². The molecule has 1 aromatic heterocycles. The lowest BCUT2D eigenvalue weighted by molar-refractivity contribution is 1.07. The highest BCUT2D eigenvalue weighted by molar-refractivity contribution is 6.30. The van der Waals surface area contributed by atoms with Crippen molar-refractivity contribution in [1.29, 1.82) is 0 Å². The number of halogens is 1. The second-order valence-electron chi connectivity index (χ2n) is 5.39. The molecule has 0 aliphatic heterocycles. The summed E-state index contributed by atoms with van der Waals surface area (Å²) in [5, 5.41) is 9.59. The minimum absolute atomic E-state index is 0.703. The fraction of sp³-hybridized carbons (Fsp3) is 0. The minimum Gasteiger partial charge on any atom is -0.275 e. The van der Waals surface area contributed by atoms with E-state index in [4.69, 9.17) is 11.6 Å². The van der Waals surface area contributed by atoms with Crippen molar-refractivity contribution in [2.24, 2.45) is 0 Å². The van der Waals surface area contributed by atoms with E-state index in [-0.39, 0.29) is 0 Å². The first-order chi connectivity index (χ1) is 11.8. The number of rotatable bonds is 3. The van der Waals surface area contributed by atoms with Crippen LogP contribution in [0.25, 0.3) is 28.5 Å². The number of aromatic nitrogens is 3. The summed E-state index contributed by atoms with van der Waals surface area (Å²) in [7, 11) is 0. The molecular formula is C20H14ClN3. The van der Waals surface area contributed by atoms with Crippen molar-refractivity contribution in [2.75, 3.05) is 0 Å². The Bertz CT molecular complexity index is 888. The summed E-state index contributed by atoms with van der Waals surface area (Å²) in [5.74, 6) is 1.61. The fourth-order valence-electron chi connectivity index (χ4n) is 2.67. The SMILES string of the molecule is Clc1ccc(-n2c(-c3ccccc3)nnc2-c2ccccc2)cc1. The summed E-state index contributed by atoms with van der Waals surface area (Å²) in [6.45, 7) is 0. The summed E-state index contributed by atoms with van der Waals surface area (Å²) < 4.78 is 2.06. The van der Waals surface area contributed by atoms with Crippen LogP contribution in [0, 0.1) is 0 Å². The number of nitrogens with zero attached hydrogens (tertiary/aromatic N) is 3. The maximum atomic E-state index is 6.05. The van der Waals surface area contributed by atoms with Gasteiger partial charge in [0.25, 0.3) is 0 Å². The Morgan fingerprint density at radius 3 is 1.50 bits per heavy atom. The molecule has 116 valence electrons. The van der Waals surface area contributed by atoms with Gasteiger partial charge < -0.3 is 0 Å². The van der Waals surface area contributed by atoms with Gasteiger partial charge in [-0.3, -0.25) is 4.57 Å². The highest BCUT2D eigenvalue weighted by Gasteiger charge is 2.16. The van der Waals surface area contributed by atoms with Gasteiger partial charge in [-0.2, -0.15) is 0 Å². The highest BCUT2D eigenvalue weighted by Crippen LogP contribution is 2.28. The molecule has 4 rings (SSSR count). The van der Waals surface area contributed by atoms with Crippen LogP contribution >= 0.6 is 11.6 Å². The summed E-state index contributed by atoms with van der Waals surface area (Å²) in [4.78, 5) is 0. The molecule has 1 heterocycles. The van der Waals surface area contributed by atoms with Crippen molar-refractivity contribution in [3.8, 4) is 28.5 Å². The lowest BCUT2D eigenvalue weighted by Gasteiger charge is -2.11. The second-order valence-corrected chi connectivity index (χ2v) is 5.83. The second kappa shape index (κ2) is 6.30. The molecule has 4 heteroatoms. The third kappa shape index (κ3) is 2.70. The van der Waals surface area contributed by atoms with E-state index in [9.17, 15) is 0 Å². The number of hydrogen-bond acceptors (Lipinski definition) is 2. The van der Waals surface area contributed by atoms with Gasteiger partial charge in [0.2, 0.25) is 0 Å². The minimum atomic E-state index is 0.703. The zero-order valence-corrected chi connectivity index (χ0v) is 13.6. The highest BCUT2D eigenvalue weighted by atomic mass is 35.5. The monoisotopic (exact) mass is 331 g/mol. The third-order valence-electron chi connectivity index (χ3n) is 3.81. The molecule has 0 fully saturated rings. The third-order valence-corrected chi connectivity index (χ3v) is 4.06. The molecule has 0 atom stereocenters. The first kappa shape index (κ1) is 14.7. The van der Waals surface area contributed by atoms with Gasteiger partial charge in [-0.1, -0.05) is 72.3 Å². The zero-order valence-electron chi connectivity index (χ0n) is 12.8. The van der Waals surface area contributed by atoms with Crippen LogP contribution in [0.15, 0.2) is 84.9 Å². The normalized spacial score (nSPS) is 10.7. The number of hydrogen-bond donors (Lipinski definition) is 0. The van der Waals surface area contributed by atoms with Gasteiger partial charge in [0.1, 0.15) is 0 Å². The standard InChI is InChI=1S/C20H14ClN3/c21-17-11-13-18(14-12-17)24-19(15-7-3-1-4-8-15)22-23-20(24)16-9-5-2-6-10-16/h1-14H. The van der Waals surface area contributed by atoms with Gasteiger partial charge in [-0.25, -0.2) is 0 Å². The Kier molecular flexibility index (Phi) is 3.85. The van der Waals surface area contributed by atoms with Gasteiger partial charge in [0.15, 0.2) is 11.6 Å². The molecule has 0 radical (unpaired) electrons. The Morgan fingerprint density at radius 2 is 1.04 bits per heavy atom. The van der Waals surface area contributed by atoms with E-state index in [1.54, 1.807) is 0 Å². The summed E-state index contributed by atoms with van der Waals surface area (Å²) in [6.07, 6.45) is 0. The molecular weight excluding hydrogens is 318 g/mol. The van der Waals surface area contributed by atoms with Gasteiger partial charge in [0.05, 0.1) is 0 Å². The van der Waals surface area contributed by atoms with Gasteiger partial charge in [-0.15, -0.1) is 10.2 Å². The van der Waals surface area contributed by atoms with E-state index < -0.39 is 0 Å². The van der Waals surface area contributed by atoms with Crippen LogP contribution in [0.3, 0.4) is 0 Å². The average molecular weight is 332 g/mol. The fourth-order valence-corrected chi connectivity index (χ4v) is 2.79. The van der Waals surface area contributed by atoms with E-state index in [0.717, 1.165) is 28.5 Å². The van der Waals surface area contributed by atoms with Gasteiger partial charge >= 0.3 is 0 Å². The summed E-state index contributed by atoms with van der Waals surface area (Å²) in [6, 6.07) is 27.8. The lowest BCUT2D eigenvalue weighted by atomic mass is 10.1. The topological polar surface area (TPSA) is 30.7 Å². The predicted molar refractivity (Wildman–Crippen MR) is 97.2 cm³/mol. The predicted octanol–water partition coefficient (Wildman–Crippen LogP) is 5.25. The molecule has 0 N–H and O–H groups in total. The molecule has 0 bridgehead atoms. The van der Waals surface area contributed by atoms with E-state index in [2.05, 4.69) is 14.8 Å². The van der Waals surface area contributed by atoms with Crippen LogP contribution in [0.4, 0.5) is 0 Å². The number of benzene rings is 3. The van der Waals surface area contributed by atoms with Crippen molar-refractivity contribution < 1.29 is 0 Å². The summed E-state index contributed by atoms with van der Waals surface area (Å²) in [5.41, 5.74) is 3.01. The maximum Gasteiger partial charge on any atom is 0.168 e. The summed E-state index contributed by atoms with van der Waals surface area (Å²) >= 11 is 6.05. The molecule has 0 aliphatic rings. The van der Waals surface area contributed by atoms with Crippen molar-refractivity contribution in [2.45, 2.75) is 0 Å². The smallest absolute Gasteiger partial charge is 0.168 e. The first-order valence-electron chi connectivity index (χ1n) is 7.65. The Balaban J connectivity index is 1.96. The molecule has 3 aromatic carbocycles. The van der Waals surface area contributed by atoms with E-state index in [0.29, 0.717) is 5.02 Å². The molecule has 3 nitrogen and oxygen atoms in total. The molecule has 0 aliphatic carbocycles. The molecule has 4 aromatic rings. The Morgan fingerprint density at radius 1 is 0.583 bits per heavy atom. The first-order valence-corrected chi connectivity index (χ1v) is 8.03. The van der Waals surface area contributed by atoms with Crippen LogP contribution in [0.5, 0.6) is 0 Å². The largest absolute Gasteiger partial charge is 0.275 e. The van der Waals surface area contributed by atoms with Gasteiger partial charge in [0, 0.05) is 21.8 Å². The Labute approximate surface area is 145 Å². The quantitative estimate of drug-likeness (QED) is 0.513. The molecule has 0 spiro atoms. The van der Waals surface area contributed by atoms with E-state index >= 15 is 0 Å². The van der Waals surface area contributed by atoms with Crippen LogP contribution in [0.1, 0.15) is 0 Å². The lowest BCUT2D eigenvalue weighted by Crippen LogP contribution is -2.00. The molecule has 0 amide bonds. The van der Waals surface area contributed by atoms with Crippen LogP contribution in [-0.2, 0) is 0 Å². The van der Waals surface area contributed by atoms with Crippen molar-refractivity contribution in [3.63, 3.8) is 0 Å². The van der Waals surface area contributed by atoms with Gasteiger partial charge in [-0.05, 0) is 24.3 Å². The zero-order chi connectivity index (χ0) is 16.4. The van der Waals surface area contributed by atoms with E-state index in [1.165, 1.54) is 0 Å². The molecule has 0 unspecified atom stereocenters. The van der Waals surface area contributed by atoms with Crippen LogP contribution in [-0.4, -0.2) is 14.8 Å². The molecule has 0 saturated heterocycles. The maximum absolute atomic E-state index is 6.05. The van der Waals surface area contributed by atoms with Crippen LogP contribution in [0.2, 0.25) is 5.02 Å². The molecule has 0 saturated carbocycles.